The molecule has 2 rings (SSSR count). The number of aromatic amines is 1. The molecule has 12 nitrogen and oxygen atoms in total. The number of imidazole rings is 1. The van der Waals surface area contributed by atoms with Crippen molar-refractivity contribution < 1.29 is 29.4 Å². The maximum atomic E-state index is 13.1. The molecule has 1 heterocycles. The van der Waals surface area contributed by atoms with Crippen LogP contribution in [0.25, 0.3) is 0 Å². The number of carboxylic acids is 1. The van der Waals surface area contributed by atoms with E-state index in [1.165, 1.54) is 24.7 Å². The number of phenolic OH excluding ortho intramolecular Hbond substituents is 1. The molecule has 1 aromatic heterocycles. The number of phenols is 1. The first-order valence-electron chi connectivity index (χ1n) is 11.3. The molecule has 4 atom stereocenters. The summed E-state index contributed by atoms with van der Waals surface area (Å²) in [6, 6.07) is 1.68. The van der Waals surface area contributed by atoms with E-state index in [-0.39, 0.29) is 30.3 Å². The zero-order valence-electron chi connectivity index (χ0n) is 20.0. The van der Waals surface area contributed by atoms with E-state index >= 15 is 0 Å². The molecule has 0 fully saturated rings. The van der Waals surface area contributed by atoms with Crippen LogP contribution in [-0.2, 0) is 32.0 Å². The number of H-pyrrole nitrogens is 1. The molecule has 1 aromatic carbocycles. The third kappa shape index (κ3) is 8.57. The van der Waals surface area contributed by atoms with Crippen LogP contribution in [0.3, 0.4) is 0 Å². The molecular formula is C23H32N6O6S. The number of aromatic hydroxyl groups is 1. The molecule has 0 aliphatic rings. The molecule has 13 heteroatoms. The lowest BCUT2D eigenvalue weighted by Gasteiger charge is -2.25. The number of nitrogens with one attached hydrogen (secondary N) is 4. The van der Waals surface area contributed by atoms with Gasteiger partial charge in [0, 0.05) is 30.5 Å². The molecule has 0 radical (unpaired) electrons. The van der Waals surface area contributed by atoms with E-state index in [1.54, 1.807) is 26.0 Å². The first kappa shape index (κ1) is 28.7. The average molecular weight is 521 g/mol. The Kier molecular flexibility index (Phi) is 10.7. The minimum Gasteiger partial charge on any atom is -0.508 e. The second-order valence-corrected chi connectivity index (χ2v) is 8.99. The molecule has 8 N–H and O–H groups in total. The zero-order chi connectivity index (χ0) is 26.8. The Labute approximate surface area is 213 Å². The number of hydrogen-bond donors (Lipinski definition) is 8. The van der Waals surface area contributed by atoms with Crippen LogP contribution < -0.4 is 21.7 Å². The smallest absolute Gasteiger partial charge is 0.326 e. The van der Waals surface area contributed by atoms with Crippen LogP contribution in [0, 0.1) is 5.92 Å². The molecule has 0 saturated carbocycles. The third-order valence-electron chi connectivity index (χ3n) is 5.44. The van der Waals surface area contributed by atoms with Gasteiger partial charge in [-0.25, -0.2) is 9.78 Å². The van der Waals surface area contributed by atoms with E-state index in [2.05, 4.69) is 38.5 Å². The summed E-state index contributed by atoms with van der Waals surface area (Å²) in [6.07, 6.45) is 2.85. The van der Waals surface area contributed by atoms with Gasteiger partial charge >= 0.3 is 5.97 Å². The summed E-state index contributed by atoms with van der Waals surface area (Å²) in [5.74, 6) is -3.49. The van der Waals surface area contributed by atoms with Gasteiger partial charge in [0.1, 0.15) is 23.9 Å². The molecule has 0 aliphatic carbocycles. The number of thiol groups is 1. The van der Waals surface area contributed by atoms with Crippen molar-refractivity contribution in [3.05, 3.63) is 48.0 Å². The van der Waals surface area contributed by atoms with Gasteiger partial charge in [-0.15, -0.1) is 0 Å². The van der Waals surface area contributed by atoms with Gasteiger partial charge in [0.05, 0.1) is 12.4 Å². The summed E-state index contributed by atoms with van der Waals surface area (Å²) in [5.41, 5.74) is 7.07. The predicted octanol–water partition coefficient (Wildman–Crippen LogP) is -0.647. The van der Waals surface area contributed by atoms with E-state index in [9.17, 15) is 29.4 Å². The van der Waals surface area contributed by atoms with E-state index in [0.717, 1.165) is 0 Å². The molecule has 0 bridgehead atoms. The minimum atomic E-state index is -1.27. The largest absolute Gasteiger partial charge is 0.508 e. The number of nitrogens with two attached hydrogens (primary N) is 1. The maximum absolute atomic E-state index is 13.1. The van der Waals surface area contributed by atoms with Crippen molar-refractivity contribution in [3.8, 4) is 5.75 Å². The fourth-order valence-corrected chi connectivity index (χ4v) is 3.46. The second kappa shape index (κ2) is 13.5. The highest BCUT2D eigenvalue weighted by molar-refractivity contribution is 7.80. The number of hydrogen-bond acceptors (Lipinski definition) is 8. The van der Waals surface area contributed by atoms with Gasteiger partial charge in [0.15, 0.2) is 0 Å². The van der Waals surface area contributed by atoms with Crippen LogP contribution in [0.4, 0.5) is 0 Å². The standard InChI is InChI=1S/C23H32N6O6S/c1-12(2)19(24)22(33)27-16(7-13-3-5-15(30)6-4-13)20(31)29-18(10-36)21(32)28-17(23(34)35)8-14-9-25-11-26-14/h3-6,9,11-12,16-19,30,36H,7-8,10,24H2,1-2H3,(H,25,26)(H,27,33)(H,28,32)(H,29,31)(H,34,35). The third-order valence-corrected chi connectivity index (χ3v) is 5.80. The first-order valence-corrected chi connectivity index (χ1v) is 11.9. The van der Waals surface area contributed by atoms with Crippen LogP contribution in [0.15, 0.2) is 36.8 Å². The number of rotatable bonds is 13. The fourth-order valence-electron chi connectivity index (χ4n) is 3.20. The van der Waals surface area contributed by atoms with Crippen LogP contribution in [0.1, 0.15) is 25.1 Å². The van der Waals surface area contributed by atoms with Crippen molar-refractivity contribution in [3.63, 3.8) is 0 Å². The normalized spacial score (nSPS) is 14.4. The molecule has 196 valence electrons. The van der Waals surface area contributed by atoms with Crippen molar-refractivity contribution >= 4 is 36.3 Å². The Bertz CT molecular complexity index is 1030. The fraction of sp³-hybridized carbons (Fsp3) is 0.435. The minimum absolute atomic E-state index is 0.0407. The lowest BCUT2D eigenvalue weighted by molar-refractivity contribution is -0.142. The van der Waals surface area contributed by atoms with Crippen molar-refractivity contribution in [1.29, 1.82) is 0 Å². The molecule has 0 saturated heterocycles. The Hall–Kier alpha value is -3.58. The van der Waals surface area contributed by atoms with E-state index < -0.39 is 47.9 Å². The summed E-state index contributed by atoms with van der Waals surface area (Å²) in [4.78, 5) is 56.7. The van der Waals surface area contributed by atoms with Crippen LogP contribution >= 0.6 is 12.6 Å². The summed E-state index contributed by atoms with van der Waals surface area (Å²) in [5, 5.41) is 26.6. The summed E-state index contributed by atoms with van der Waals surface area (Å²) < 4.78 is 0. The van der Waals surface area contributed by atoms with Crippen molar-refractivity contribution in [2.45, 2.75) is 50.9 Å². The molecule has 0 aliphatic heterocycles. The van der Waals surface area contributed by atoms with Gasteiger partial charge in [-0.05, 0) is 23.6 Å². The maximum Gasteiger partial charge on any atom is 0.326 e. The lowest BCUT2D eigenvalue weighted by Crippen LogP contribution is -2.58. The summed E-state index contributed by atoms with van der Waals surface area (Å²) >= 11 is 4.13. The van der Waals surface area contributed by atoms with E-state index in [0.29, 0.717) is 11.3 Å². The SMILES string of the molecule is CC(C)C(N)C(=O)NC(Cc1ccc(O)cc1)C(=O)NC(CS)C(=O)NC(Cc1cnc[nH]1)C(=O)O. The Morgan fingerprint density at radius 1 is 0.972 bits per heavy atom. The van der Waals surface area contributed by atoms with Gasteiger partial charge < -0.3 is 36.9 Å². The molecular weight excluding hydrogens is 488 g/mol. The number of benzene rings is 1. The van der Waals surface area contributed by atoms with Crippen molar-refractivity contribution in [1.82, 2.24) is 25.9 Å². The number of carbonyl (C=O) groups is 4. The molecule has 3 amide bonds. The van der Waals surface area contributed by atoms with Crippen molar-refractivity contribution in [2.75, 3.05) is 5.75 Å². The van der Waals surface area contributed by atoms with E-state index in [4.69, 9.17) is 5.73 Å². The first-order chi connectivity index (χ1) is 17.0. The van der Waals surface area contributed by atoms with Crippen LogP contribution in [0.5, 0.6) is 5.75 Å². The van der Waals surface area contributed by atoms with Gasteiger partial charge in [-0.1, -0.05) is 26.0 Å². The number of amides is 3. The number of nitrogens with zero attached hydrogens (tertiary/aromatic N) is 1. The second-order valence-electron chi connectivity index (χ2n) is 8.63. The number of aliphatic carboxylic acids is 1. The highest BCUT2D eigenvalue weighted by Gasteiger charge is 2.30. The van der Waals surface area contributed by atoms with E-state index in [1.807, 2.05) is 0 Å². The van der Waals surface area contributed by atoms with Gasteiger partial charge in [-0.3, -0.25) is 14.4 Å². The Morgan fingerprint density at radius 2 is 1.56 bits per heavy atom. The summed E-state index contributed by atoms with van der Waals surface area (Å²) in [6.45, 7) is 3.53. The van der Waals surface area contributed by atoms with Crippen molar-refractivity contribution in [2.24, 2.45) is 11.7 Å². The molecule has 4 unspecified atom stereocenters. The number of carboxylic acid groups (broad SMARTS) is 1. The Balaban J connectivity index is 2.14. The van der Waals surface area contributed by atoms with Gasteiger partial charge in [-0.2, -0.15) is 12.6 Å². The number of aromatic nitrogens is 2. The molecule has 0 spiro atoms. The topological polar surface area (TPSA) is 200 Å². The monoisotopic (exact) mass is 520 g/mol. The zero-order valence-corrected chi connectivity index (χ0v) is 20.9. The number of carbonyl (C=O) groups excluding carboxylic acids is 3. The van der Waals surface area contributed by atoms with Crippen LogP contribution in [-0.4, -0.2) is 73.8 Å². The average Bonchev–Trinajstić information content (AvgIpc) is 3.35. The lowest BCUT2D eigenvalue weighted by atomic mass is 10.0. The highest BCUT2D eigenvalue weighted by Crippen LogP contribution is 2.12. The van der Waals surface area contributed by atoms with Gasteiger partial charge in [0.25, 0.3) is 0 Å². The Morgan fingerprint density at radius 3 is 2.08 bits per heavy atom. The quantitative estimate of drug-likeness (QED) is 0.159. The molecule has 2 aromatic rings. The van der Waals surface area contributed by atoms with Crippen LogP contribution in [0.2, 0.25) is 0 Å². The summed E-state index contributed by atoms with van der Waals surface area (Å²) in [7, 11) is 0. The molecule has 36 heavy (non-hydrogen) atoms. The predicted molar refractivity (Wildman–Crippen MR) is 134 cm³/mol. The highest BCUT2D eigenvalue weighted by atomic mass is 32.1. The van der Waals surface area contributed by atoms with Gasteiger partial charge in [0.2, 0.25) is 17.7 Å².